The number of rotatable bonds is 2. The Balaban J connectivity index is 2.13. The van der Waals surface area contributed by atoms with Gasteiger partial charge in [-0.05, 0) is 12.3 Å². The van der Waals surface area contributed by atoms with E-state index in [0.29, 0.717) is 5.92 Å². The summed E-state index contributed by atoms with van der Waals surface area (Å²) in [6.07, 6.45) is 3.04. The summed E-state index contributed by atoms with van der Waals surface area (Å²) in [5.74, 6) is 3.23. The lowest BCUT2D eigenvalue weighted by Gasteiger charge is -1.87. The van der Waals surface area contributed by atoms with Crippen LogP contribution in [0.3, 0.4) is 0 Å². The SMILES string of the molecule is C[C@@H]1C[C@@H]1c1ncc(CBr)o1. The Hall–Kier alpha value is -0.310. The van der Waals surface area contributed by atoms with Gasteiger partial charge in [-0.15, -0.1) is 0 Å². The molecule has 0 spiro atoms. The minimum absolute atomic E-state index is 0.600. The first-order valence-electron chi connectivity index (χ1n) is 3.82. The molecule has 1 aliphatic carbocycles. The predicted octanol–water partition coefficient (Wildman–Crippen LogP) is 2.69. The molecular formula is C8H10BrNO. The van der Waals surface area contributed by atoms with Gasteiger partial charge in [0.05, 0.1) is 11.5 Å². The van der Waals surface area contributed by atoms with Gasteiger partial charge in [0.15, 0.2) is 5.89 Å². The van der Waals surface area contributed by atoms with Crippen LogP contribution in [0.25, 0.3) is 0 Å². The maximum atomic E-state index is 5.47. The average Bonchev–Trinajstić information content (AvgIpc) is 2.59. The van der Waals surface area contributed by atoms with E-state index in [2.05, 4.69) is 27.8 Å². The second-order valence-electron chi connectivity index (χ2n) is 3.12. The first-order chi connectivity index (χ1) is 5.31. The third-order valence-corrected chi connectivity index (χ3v) is 2.68. The lowest BCUT2D eigenvalue weighted by Crippen LogP contribution is -1.77. The molecule has 2 rings (SSSR count). The molecule has 1 aliphatic rings. The zero-order chi connectivity index (χ0) is 7.84. The fraction of sp³-hybridized carbons (Fsp3) is 0.625. The van der Waals surface area contributed by atoms with E-state index in [1.807, 2.05) is 0 Å². The molecule has 1 fully saturated rings. The number of aromatic nitrogens is 1. The zero-order valence-corrected chi connectivity index (χ0v) is 7.97. The average molecular weight is 216 g/mol. The minimum atomic E-state index is 0.600. The molecule has 1 aromatic heterocycles. The molecule has 0 saturated heterocycles. The minimum Gasteiger partial charge on any atom is -0.445 e. The van der Waals surface area contributed by atoms with Gasteiger partial charge in [0.25, 0.3) is 0 Å². The topological polar surface area (TPSA) is 26.0 Å². The third-order valence-electron chi connectivity index (χ3n) is 2.13. The highest BCUT2D eigenvalue weighted by molar-refractivity contribution is 9.08. The fourth-order valence-electron chi connectivity index (χ4n) is 1.22. The number of alkyl halides is 1. The molecule has 0 amide bonds. The summed E-state index contributed by atoms with van der Waals surface area (Å²) in [6, 6.07) is 0. The van der Waals surface area contributed by atoms with Crippen LogP contribution in [0, 0.1) is 5.92 Å². The predicted molar refractivity (Wildman–Crippen MR) is 45.7 cm³/mol. The second-order valence-corrected chi connectivity index (χ2v) is 3.68. The van der Waals surface area contributed by atoms with Crippen LogP contribution < -0.4 is 0 Å². The molecule has 3 heteroatoms. The van der Waals surface area contributed by atoms with Crippen LogP contribution >= 0.6 is 15.9 Å². The summed E-state index contributed by atoms with van der Waals surface area (Å²) >= 11 is 3.32. The summed E-state index contributed by atoms with van der Waals surface area (Å²) in [5.41, 5.74) is 0. The standard InChI is InChI=1S/C8H10BrNO/c1-5-2-7(5)8-10-4-6(3-9)11-8/h4-5,7H,2-3H2,1H3/t5-,7+/m1/s1. The molecule has 0 unspecified atom stereocenters. The van der Waals surface area contributed by atoms with Gasteiger partial charge in [-0.1, -0.05) is 22.9 Å². The number of halogens is 1. The van der Waals surface area contributed by atoms with Crippen molar-refractivity contribution < 1.29 is 4.42 Å². The van der Waals surface area contributed by atoms with Crippen molar-refractivity contribution in [3.05, 3.63) is 17.8 Å². The van der Waals surface area contributed by atoms with Crippen LogP contribution in [-0.2, 0) is 5.33 Å². The number of nitrogens with zero attached hydrogens (tertiary/aromatic N) is 1. The fourth-order valence-corrected chi connectivity index (χ4v) is 1.48. The number of hydrogen-bond acceptors (Lipinski definition) is 2. The first kappa shape index (κ1) is 7.35. The molecule has 0 N–H and O–H groups in total. The molecule has 1 heterocycles. The van der Waals surface area contributed by atoms with Crippen LogP contribution in [0.4, 0.5) is 0 Å². The molecule has 1 aromatic rings. The highest BCUT2D eigenvalue weighted by Crippen LogP contribution is 2.46. The molecule has 0 aliphatic heterocycles. The van der Waals surface area contributed by atoms with E-state index < -0.39 is 0 Å². The maximum Gasteiger partial charge on any atom is 0.197 e. The van der Waals surface area contributed by atoms with Crippen molar-refractivity contribution in [2.45, 2.75) is 24.6 Å². The Morgan fingerprint density at radius 1 is 1.82 bits per heavy atom. The summed E-state index contributed by atoms with van der Waals surface area (Å²) in [5, 5.41) is 0.765. The van der Waals surface area contributed by atoms with Crippen molar-refractivity contribution in [3.63, 3.8) is 0 Å². The summed E-state index contributed by atoms with van der Waals surface area (Å²) in [6.45, 7) is 2.22. The van der Waals surface area contributed by atoms with Crippen molar-refractivity contribution >= 4 is 15.9 Å². The molecule has 11 heavy (non-hydrogen) atoms. The van der Waals surface area contributed by atoms with Gasteiger partial charge >= 0.3 is 0 Å². The van der Waals surface area contributed by atoms with Crippen LogP contribution in [0.15, 0.2) is 10.6 Å². The third kappa shape index (κ3) is 1.34. The Kier molecular flexibility index (Phi) is 1.75. The van der Waals surface area contributed by atoms with Gasteiger partial charge in [-0.25, -0.2) is 4.98 Å². The monoisotopic (exact) mass is 215 g/mol. The van der Waals surface area contributed by atoms with Crippen LogP contribution in [-0.4, -0.2) is 4.98 Å². The van der Waals surface area contributed by atoms with Crippen LogP contribution in [0.1, 0.15) is 30.9 Å². The molecule has 60 valence electrons. The van der Waals surface area contributed by atoms with Crippen LogP contribution in [0.2, 0.25) is 0 Å². The first-order valence-corrected chi connectivity index (χ1v) is 4.94. The van der Waals surface area contributed by atoms with E-state index in [0.717, 1.165) is 22.9 Å². The molecule has 2 atom stereocenters. The van der Waals surface area contributed by atoms with E-state index in [4.69, 9.17) is 4.42 Å². The lowest BCUT2D eigenvalue weighted by atomic mass is 10.3. The molecule has 2 nitrogen and oxygen atoms in total. The van der Waals surface area contributed by atoms with E-state index in [9.17, 15) is 0 Å². The van der Waals surface area contributed by atoms with E-state index in [1.165, 1.54) is 6.42 Å². The van der Waals surface area contributed by atoms with Gasteiger partial charge < -0.3 is 4.42 Å². The lowest BCUT2D eigenvalue weighted by molar-refractivity contribution is 0.466. The van der Waals surface area contributed by atoms with Crippen molar-refractivity contribution in [1.82, 2.24) is 4.98 Å². The zero-order valence-electron chi connectivity index (χ0n) is 6.38. The van der Waals surface area contributed by atoms with E-state index in [1.54, 1.807) is 6.20 Å². The Morgan fingerprint density at radius 2 is 2.55 bits per heavy atom. The molecule has 0 bridgehead atoms. The van der Waals surface area contributed by atoms with E-state index in [-0.39, 0.29) is 0 Å². The summed E-state index contributed by atoms with van der Waals surface area (Å²) < 4.78 is 5.47. The van der Waals surface area contributed by atoms with Gasteiger partial charge in [-0.3, -0.25) is 0 Å². The van der Waals surface area contributed by atoms with Crippen molar-refractivity contribution in [2.75, 3.05) is 0 Å². The largest absolute Gasteiger partial charge is 0.445 e. The van der Waals surface area contributed by atoms with E-state index >= 15 is 0 Å². The molecule has 0 radical (unpaired) electrons. The second kappa shape index (κ2) is 2.63. The normalized spacial score (nSPS) is 28.9. The quantitative estimate of drug-likeness (QED) is 0.710. The number of oxazole rings is 1. The highest BCUT2D eigenvalue weighted by atomic mass is 79.9. The smallest absolute Gasteiger partial charge is 0.197 e. The molecular weight excluding hydrogens is 206 g/mol. The summed E-state index contributed by atoms with van der Waals surface area (Å²) in [4.78, 5) is 4.20. The van der Waals surface area contributed by atoms with Crippen molar-refractivity contribution in [2.24, 2.45) is 5.92 Å². The molecule has 1 saturated carbocycles. The maximum absolute atomic E-state index is 5.47. The van der Waals surface area contributed by atoms with Crippen molar-refractivity contribution in [3.8, 4) is 0 Å². The molecule has 0 aromatic carbocycles. The van der Waals surface area contributed by atoms with Gasteiger partial charge in [0.2, 0.25) is 0 Å². The van der Waals surface area contributed by atoms with Gasteiger partial charge in [0.1, 0.15) is 5.76 Å². The van der Waals surface area contributed by atoms with Gasteiger partial charge in [-0.2, -0.15) is 0 Å². The number of hydrogen-bond donors (Lipinski definition) is 0. The Bertz CT molecular complexity index is 258. The van der Waals surface area contributed by atoms with Crippen molar-refractivity contribution in [1.29, 1.82) is 0 Å². The Labute approximate surface area is 74.1 Å². The summed E-state index contributed by atoms with van der Waals surface area (Å²) in [7, 11) is 0. The van der Waals surface area contributed by atoms with Gasteiger partial charge in [0, 0.05) is 5.92 Å². The Morgan fingerprint density at radius 3 is 3.00 bits per heavy atom. The highest BCUT2D eigenvalue weighted by Gasteiger charge is 2.37. The van der Waals surface area contributed by atoms with Crippen LogP contribution in [0.5, 0.6) is 0 Å².